The van der Waals surface area contributed by atoms with Crippen molar-refractivity contribution in [2.45, 2.75) is 259 Å². The third kappa shape index (κ3) is 42.5. The first-order valence-electron chi connectivity index (χ1n) is 27.6. The lowest BCUT2D eigenvalue weighted by molar-refractivity contribution is -0.131. The minimum Gasteiger partial charge on any atom is -0.353 e. The molecule has 1 N–H and O–H groups in total. The second-order valence-electron chi connectivity index (χ2n) is 19.2. The summed E-state index contributed by atoms with van der Waals surface area (Å²) in [5, 5.41) is 3.21. The standard InChI is InChI=1S/C54H111N5O2/c1-7-12-17-22-27-32-37-43-57(44-38-33-28-23-18-13-8-2)49-50-59(47-41-36-31-26-21-16-11-5)51-53(60)55-42-48-56(6)54(61)52-58(45-39-34-29-24-19-14-9-3)46-40-35-30-25-20-15-10-4/h7-52H2,1-6H3,(H,55,60). The van der Waals surface area contributed by atoms with E-state index in [4.69, 9.17) is 0 Å². The number of carbonyl (C=O) groups excluding carboxylic acids is 2. The van der Waals surface area contributed by atoms with Crippen molar-refractivity contribution in [2.24, 2.45) is 0 Å². The highest BCUT2D eigenvalue weighted by Gasteiger charge is 2.17. The summed E-state index contributed by atoms with van der Waals surface area (Å²) in [6, 6.07) is 0. The minimum atomic E-state index is 0.106. The molecule has 7 heteroatoms. The Bertz CT molecular complexity index is 867. The molecule has 0 saturated carbocycles. The molecule has 0 aromatic rings. The fourth-order valence-electron chi connectivity index (χ4n) is 8.68. The van der Waals surface area contributed by atoms with Crippen LogP contribution in [0.3, 0.4) is 0 Å². The predicted molar refractivity (Wildman–Crippen MR) is 270 cm³/mol. The zero-order valence-corrected chi connectivity index (χ0v) is 42.6. The Hall–Kier alpha value is -1.18. The molecule has 0 heterocycles. The van der Waals surface area contributed by atoms with Gasteiger partial charge in [-0.3, -0.25) is 19.4 Å². The van der Waals surface area contributed by atoms with Crippen LogP contribution in [0, 0.1) is 0 Å². The lowest BCUT2D eigenvalue weighted by Gasteiger charge is -2.28. The van der Waals surface area contributed by atoms with E-state index in [1.54, 1.807) is 0 Å². The molecule has 0 aromatic heterocycles. The van der Waals surface area contributed by atoms with Crippen LogP contribution in [0.4, 0.5) is 0 Å². The number of unbranched alkanes of at least 4 members (excludes halogenated alkanes) is 30. The van der Waals surface area contributed by atoms with Gasteiger partial charge in [-0.05, 0) is 64.8 Å². The Morgan fingerprint density at radius 2 is 0.574 bits per heavy atom. The number of likely N-dealkylation sites (N-methyl/N-ethyl adjacent to an activating group) is 1. The van der Waals surface area contributed by atoms with Crippen LogP contribution in [0.25, 0.3) is 0 Å². The first kappa shape index (κ1) is 59.8. The Labute approximate surface area is 383 Å². The maximum absolute atomic E-state index is 13.5. The SMILES string of the molecule is CCCCCCCCCN(CCCCCCCCC)CCN(CCCCCCCCC)CC(=O)NCCN(C)C(=O)CN(CCCCCCCCC)CCCCCCCCC. The number of nitrogens with zero attached hydrogens (tertiary/aromatic N) is 4. The third-order valence-corrected chi connectivity index (χ3v) is 13.0. The van der Waals surface area contributed by atoms with E-state index >= 15 is 0 Å². The Morgan fingerprint density at radius 3 is 0.902 bits per heavy atom. The van der Waals surface area contributed by atoms with Crippen molar-refractivity contribution in [2.75, 3.05) is 79.0 Å². The first-order valence-corrected chi connectivity index (χ1v) is 27.6. The molecule has 0 aliphatic rings. The Morgan fingerprint density at radius 1 is 0.311 bits per heavy atom. The molecule has 61 heavy (non-hydrogen) atoms. The van der Waals surface area contributed by atoms with Crippen molar-refractivity contribution in [3.63, 3.8) is 0 Å². The topological polar surface area (TPSA) is 59.1 Å². The van der Waals surface area contributed by atoms with Gasteiger partial charge in [0.15, 0.2) is 0 Å². The van der Waals surface area contributed by atoms with Gasteiger partial charge in [0, 0.05) is 33.2 Å². The van der Waals surface area contributed by atoms with Crippen LogP contribution in [0.5, 0.6) is 0 Å². The summed E-state index contributed by atoms with van der Waals surface area (Å²) in [6.07, 6.45) is 46.1. The second kappa shape index (κ2) is 48.3. The molecule has 364 valence electrons. The van der Waals surface area contributed by atoms with E-state index in [9.17, 15) is 9.59 Å². The van der Waals surface area contributed by atoms with Gasteiger partial charge in [0.1, 0.15) is 0 Å². The highest BCUT2D eigenvalue weighted by atomic mass is 16.2. The molecule has 0 unspecified atom stereocenters. The van der Waals surface area contributed by atoms with Gasteiger partial charge in [0.05, 0.1) is 13.1 Å². The fraction of sp³-hybridized carbons (Fsp3) is 0.963. The average Bonchev–Trinajstić information content (AvgIpc) is 3.25. The molecule has 0 atom stereocenters. The number of carbonyl (C=O) groups is 2. The Balaban J connectivity index is 5.17. The molecule has 0 rings (SSSR count). The third-order valence-electron chi connectivity index (χ3n) is 13.0. The van der Waals surface area contributed by atoms with Crippen LogP contribution in [0.1, 0.15) is 259 Å². The van der Waals surface area contributed by atoms with Gasteiger partial charge < -0.3 is 15.1 Å². The second-order valence-corrected chi connectivity index (χ2v) is 19.2. The summed E-state index contributed by atoms with van der Waals surface area (Å²) in [6.45, 7) is 20.9. The molecule has 0 bridgehead atoms. The van der Waals surface area contributed by atoms with Gasteiger partial charge in [0.25, 0.3) is 0 Å². The first-order chi connectivity index (χ1) is 29.9. The summed E-state index contributed by atoms with van der Waals surface area (Å²) in [5.74, 6) is 0.289. The maximum atomic E-state index is 13.5. The summed E-state index contributed by atoms with van der Waals surface area (Å²) in [7, 11) is 1.92. The number of nitrogens with one attached hydrogen (secondary N) is 1. The van der Waals surface area contributed by atoms with E-state index in [1.807, 2.05) is 11.9 Å². The van der Waals surface area contributed by atoms with Crippen molar-refractivity contribution < 1.29 is 9.59 Å². The molecule has 0 spiro atoms. The summed E-state index contributed by atoms with van der Waals surface area (Å²) >= 11 is 0. The molecule has 0 saturated heterocycles. The van der Waals surface area contributed by atoms with Gasteiger partial charge in [-0.2, -0.15) is 0 Å². The quantitative estimate of drug-likeness (QED) is 0.0618. The lowest BCUT2D eigenvalue weighted by atomic mass is 10.1. The molecule has 0 radical (unpaired) electrons. The van der Waals surface area contributed by atoms with Crippen LogP contribution in [-0.2, 0) is 9.59 Å². The summed E-state index contributed by atoms with van der Waals surface area (Å²) in [4.78, 5) is 36.3. The van der Waals surface area contributed by atoms with Gasteiger partial charge in [0.2, 0.25) is 11.8 Å². The van der Waals surface area contributed by atoms with Gasteiger partial charge in [-0.25, -0.2) is 0 Å². The van der Waals surface area contributed by atoms with Crippen LogP contribution >= 0.6 is 0 Å². The predicted octanol–water partition coefficient (Wildman–Crippen LogP) is 14.2. The largest absolute Gasteiger partial charge is 0.353 e. The van der Waals surface area contributed by atoms with Crippen molar-refractivity contribution in [1.29, 1.82) is 0 Å². The number of rotatable bonds is 50. The Kier molecular flexibility index (Phi) is 47.3. The van der Waals surface area contributed by atoms with Crippen LogP contribution in [0.2, 0.25) is 0 Å². The minimum absolute atomic E-state index is 0.106. The number of hydrogen-bond donors (Lipinski definition) is 1. The van der Waals surface area contributed by atoms with Crippen molar-refractivity contribution >= 4 is 11.8 Å². The zero-order valence-electron chi connectivity index (χ0n) is 42.6. The van der Waals surface area contributed by atoms with Crippen molar-refractivity contribution in [1.82, 2.24) is 24.9 Å². The van der Waals surface area contributed by atoms with E-state index in [0.29, 0.717) is 26.2 Å². The normalized spacial score (nSPS) is 11.8. The summed E-state index contributed by atoms with van der Waals surface area (Å²) < 4.78 is 0. The molecule has 0 aliphatic carbocycles. The van der Waals surface area contributed by atoms with Crippen molar-refractivity contribution in [3.05, 3.63) is 0 Å². The van der Waals surface area contributed by atoms with E-state index in [0.717, 1.165) is 32.7 Å². The monoisotopic (exact) mass is 862 g/mol. The highest BCUT2D eigenvalue weighted by molar-refractivity contribution is 5.79. The smallest absolute Gasteiger partial charge is 0.236 e. The molecule has 0 fully saturated rings. The molecule has 7 nitrogen and oxygen atoms in total. The molecule has 2 amide bonds. The van der Waals surface area contributed by atoms with E-state index in [1.165, 1.54) is 238 Å². The van der Waals surface area contributed by atoms with Crippen LogP contribution < -0.4 is 5.32 Å². The molecule has 0 aromatic carbocycles. The van der Waals surface area contributed by atoms with Crippen molar-refractivity contribution in [3.8, 4) is 0 Å². The number of amides is 2. The van der Waals surface area contributed by atoms with Gasteiger partial charge >= 0.3 is 0 Å². The van der Waals surface area contributed by atoms with Gasteiger partial charge in [-0.1, -0.05) is 227 Å². The van der Waals surface area contributed by atoms with Crippen LogP contribution in [0.15, 0.2) is 0 Å². The number of hydrogen-bond acceptors (Lipinski definition) is 5. The maximum Gasteiger partial charge on any atom is 0.236 e. The average molecular weight is 863 g/mol. The molecular formula is C54H111N5O2. The molecule has 0 aliphatic heterocycles. The van der Waals surface area contributed by atoms with Gasteiger partial charge in [-0.15, -0.1) is 0 Å². The fourth-order valence-corrected chi connectivity index (χ4v) is 8.68. The molecular weight excluding hydrogens is 751 g/mol. The van der Waals surface area contributed by atoms with E-state index in [-0.39, 0.29) is 11.8 Å². The van der Waals surface area contributed by atoms with E-state index in [2.05, 4.69) is 54.6 Å². The van der Waals surface area contributed by atoms with E-state index < -0.39 is 0 Å². The summed E-state index contributed by atoms with van der Waals surface area (Å²) in [5.41, 5.74) is 0. The highest BCUT2D eigenvalue weighted by Crippen LogP contribution is 2.13. The van der Waals surface area contributed by atoms with Crippen LogP contribution in [-0.4, -0.2) is 110 Å². The zero-order chi connectivity index (χ0) is 44.7. The lowest BCUT2D eigenvalue weighted by Crippen LogP contribution is -2.45.